The first-order valence-electron chi connectivity index (χ1n) is 13.5. The van der Waals surface area contributed by atoms with Crippen LogP contribution in [0.4, 0.5) is 8.78 Å². The van der Waals surface area contributed by atoms with Crippen LogP contribution in [-0.4, -0.2) is 40.0 Å². The second-order valence-electron chi connectivity index (χ2n) is 10.7. The summed E-state index contributed by atoms with van der Waals surface area (Å²) >= 11 is 0. The van der Waals surface area contributed by atoms with Gasteiger partial charge < -0.3 is 14.8 Å². The summed E-state index contributed by atoms with van der Waals surface area (Å²) in [7, 11) is 1.90. The van der Waals surface area contributed by atoms with E-state index in [1.807, 2.05) is 78.3 Å². The van der Waals surface area contributed by atoms with E-state index in [9.17, 15) is 18.4 Å². The molecule has 0 radical (unpaired) electrons. The molecule has 1 N–H and O–H groups in total. The van der Waals surface area contributed by atoms with E-state index in [1.165, 1.54) is 11.0 Å². The zero-order valence-corrected chi connectivity index (χ0v) is 21.8. The van der Waals surface area contributed by atoms with Gasteiger partial charge in [-0.2, -0.15) is 0 Å². The fourth-order valence-electron chi connectivity index (χ4n) is 5.77. The summed E-state index contributed by atoms with van der Waals surface area (Å²) < 4.78 is 31.6. The number of amides is 2. The Morgan fingerprint density at radius 3 is 2.44 bits per heavy atom. The molecule has 7 heteroatoms. The normalized spacial score (nSPS) is 19.8. The van der Waals surface area contributed by atoms with Crippen molar-refractivity contribution >= 4 is 22.7 Å². The van der Waals surface area contributed by atoms with Gasteiger partial charge in [-0.3, -0.25) is 9.59 Å². The highest BCUT2D eigenvalue weighted by atomic mass is 19.1. The van der Waals surface area contributed by atoms with Crippen LogP contribution in [0.5, 0.6) is 0 Å². The van der Waals surface area contributed by atoms with Gasteiger partial charge in [-0.05, 0) is 59.0 Å². The molecule has 1 aliphatic carbocycles. The van der Waals surface area contributed by atoms with Gasteiger partial charge in [0.2, 0.25) is 11.8 Å². The van der Waals surface area contributed by atoms with Crippen molar-refractivity contribution in [3.05, 3.63) is 107 Å². The monoisotopic (exact) mass is 527 g/mol. The van der Waals surface area contributed by atoms with Gasteiger partial charge in [0.1, 0.15) is 18.0 Å². The van der Waals surface area contributed by atoms with E-state index in [4.69, 9.17) is 0 Å². The van der Waals surface area contributed by atoms with Crippen molar-refractivity contribution in [2.45, 2.75) is 49.9 Å². The van der Waals surface area contributed by atoms with Crippen LogP contribution in [-0.2, 0) is 23.1 Å². The highest BCUT2D eigenvalue weighted by Gasteiger charge is 2.40. The lowest BCUT2D eigenvalue weighted by Gasteiger charge is -2.27. The van der Waals surface area contributed by atoms with Crippen molar-refractivity contribution in [2.75, 3.05) is 6.54 Å². The van der Waals surface area contributed by atoms with E-state index >= 15 is 0 Å². The van der Waals surface area contributed by atoms with Crippen LogP contribution in [0.3, 0.4) is 0 Å². The second-order valence-corrected chi connectivity index (χ2v) is 10.7. The zero-order valence-electron chi connectivity index (χ0n) is 21.8. The molecule has 3 atom stereocenters. The fraction of sp³-hybridized carbons (Fsp3) is 0.312. The molecule has 5 nitrogen and oxygen atoms in total. The van der Waals surface area contributed by atoms with Crippen molar-refractivity contribution < 1.29 is 18.4 Å². The first-order valence-corrected chi connectivity index (χ1v) is 13.5. The molecular formula is C32H31F2N3O2. The van der Waals surface area contributed by atoms with E-state index in [2.05, 4.69) is 5.32 Å². The molecule has 1 saturated carbocycles. The molecule has 4 aromatic rings. The average molecular weight is 528 g/mol. The first kappa shape index (κ1) is 25.3. The molecule has 2 aliphatic rings. The van der Waals surface area contributed by atoms with Gasteiger partial charge in [0, 0.05) is 24.7 Å². The number of para-hydroxylation sites is 1. The predicted octanol–water partition coefficient (Wildman–Crippen LogP) is 5.58. The Kier molecular flexibility index (Phi) is 6.67. The summed E-state index contributed by atoms with van der Waals surface area (Å²) in [6.07, 6.45) is 0.691. The number of likely N-dealkylation sites (tertiary alicyclic amines) is 1. The van der Waals surface area contributed by atoms with Gasteiger partial charge >= 0.3 is 0 Å². The third kappa shape index (κ3) is 5.05. The van der Waals surface area contributed by atoms with Crippen LogP contribution in [0.1, 0.15) is 53.6 Å². The number of hydrogen-bond acceptors (Lipinski definition) is 2. The number of halogens is 2. The number of fused-ring (bicyclic) bond motifs is 1. The average Bonchev–Trinajstić information content (AvgIpc) is 3.63. The Labute approximate surface area is 226 Å². The summed E-state index contributed by atoms with van der Waals surface area (Å²) in [5.41, 5.74) is 3.91. The number of alkyl halides is 1. The summed E-state index contributed by atoms with van der Waals surface area (Å²) in [5, 5.41) is 4.03. The van der Waals surface area contributed by atoms with Crippen LogP contribution in [0.2, 0.25) is 0 Å². The summed E-state index contributed by atoms with van der Waals surface area (Å²) in [4.78, 5) is 28.4. The highest BCUT2D eigenvalue weighted by Crippen LogP contribution is 2.42. The molecule has 0 bridgehead atoms. The number of rotatable bonds is 7. The smallest absolute Gasteiger partial charge is 0.243 e. The maximum absolute atomic E-state index is 15.0. The molecule has 3 aromatic carbocycles. The lowest BCUT2D eigenvalue weighted by atomic mass is 9.96. The molecule has 200 valence electrons. The van der Waals surface area contributed by atoms with Crippen molar-refractivity contribution in [3.8, 4) is 0 Å². The lowest BCUT2D eigenvalue weighted by Crippen LogP contribution is -2.47. The van der Waals surface area contributed by atoms with Gasteiger partial charge in [-0.25, -0.2) is 8.78 Å². The van der Waals surface area contributed by atoms with Crippen molar-refractivity contribution in [3.63, 3.8) is 0 Å². The molecule has 2 amide bonds. The predicted molar refractivity (Wildman–Crippen MR) is 146 cm³/mol. The maximum Gasteiger partial charge on any atom is 0.243 e. The molecule has 2 fully saturated rings. The van der Waals surface area contributed by atoms with Gasteiger partial charge in [0.05, 0.1) is 19.0 Å². The fourth-order valence-corrected chi connectivity index (χ4v) is 5.77. The molecule has 1 aromatic heterocycles. The Morgan fingerprint density at radius 1 is 0.974 bits per heavy atom. The van der Waals surface area contributed by atoms with Gasteiger partial charge in [-0.15, -0.1) is 0 Å². The number of nitrogens with one attached hydrogen (secondary N) is 1. The molecule has 39 heavy (non-hydrogen) atoms. The number of aryl methyl sites for hydroxylation is 1. The number of nitrogens with zero attached hydrogens (tertiary/aromatic N) is 2. The van der Waals surface area contributed by atoms with E-state index in [1.54, 1.807) is 6.07 Å². The minimum absolute atomic E-state index is 0.0663. The quantitative estimate of drug-likeness (QED) is 0.341. The Hall–Kier alpha value is -4.00. The Balaban J connectivity index is 1.24. The standard InChI is InChI=1S/C32H31F2N3O2/c1-36-25(15-22-9-5-6-10-28(22)36)18-30(38)37-19-24(33)17-29(37)32(39)35-31(21-7-3-2-4-8-21)23-13-14-26(20-11-12-20)27(34)16-23/h2-10,13-16,20,24,29,31H,11-12,17-19H2,1H3,(H,35,39)/t24-,29+,31+/m1/s1. The van der Waals surface area contributed by atoms with E-state index in [0.717, 1.165) is 35.0 Å². The van der Waals surface area contributed by atoms with Crippen LogP contribution in [0.15, 0.2) is 78.9 Å². The van der Waals surface area contributed by atoms with E-state index < -0.39 is 24.2 Å². The first-order chi connectivity index (χ1) is 18.9. The highest BCUT2D eigenvalue weighted by molar-refractivity contribution is 5.90. The van der Waals surface area contributed by atoms with E-state index in [-0.39, 0.29) is 37.0 Å². The summed E-state index contributed by atoms with van der Waals surface area (Å²) in [5.74, 6) is -0.745. The van der Waals surface area contributed by atoms with Crippen LogP contribution < -0.4 is 5.32 Å². The molecule has 1 saturated heterocycles. The molecule has 6 rings (SSSR count). The van der Waals surface area contributed by atoms with Crippen LogP contribution in [0, 0.1) is 5.82 Å². The summed E-state index contributed by atoms with van der Waals surface area (Å²) in [6.45, 7) is -0.123. The topological polar surface area (TPSA) is 54.3 Å². The number of aromatic nitrogens is 1. The number of hydrogen-bond donors (Lipinski definition) is 1. The molecule has 1 aliphatic heterocycles. The lowest BCUT2D eigenvalue weighted by molar-refractivity contribution is -0.138. The maximum atomic E-state index is 15.0. The third-order valence-corrected chi connectivity index (χ3v) is 8.05. The minimum atomic E-state index is -1.29. The van der Waals surface area contributed by atoms with Crippen LogP contribution >= 0.6 is 0 Å². The third-order valence-electron chi connectivity index (χ3n) is 8.05. The van der Waals surface area contributed by atoms with Crippen molar-refractivity contribution in [1.82, 2.24) is 14.8 Å². The van der Waals surface area contributed by atoms with Gasteiger partial charge in [0.25, 0.3) is 0 Å². The van der Waals surface area contributed by atoms with Crippen molar-refractivity contribution in [1.29, 1.82) is 0 Å². The van der Waals surface area contributed by atoms with Crippen molar-refractivity contribution in [2.24, 2.45) is 7.05 Å². The van der Waals surface area contributed by atoms with Gasteiger partial charge in [-0.1, -0.05) is 60.7 Å². The molecular weight excluding hydrogens is 496 g/mol. The SMILES string of the molecule is Cn1c(CC(=O)N2C[C@H](F)C[C@H]2C(=O)N[C@@H](c2ccccc2)c2ccc(C3CC3)c(F)c2)cc2ccccc21. The Bertz CT molecular complexity index is 1530. The minimum Gasteiger partial charge on any atom is -0.347 e. The molecule has 2 heterocycles. The number of carbonyl (C=O) groups is 2. The van der Waals surface area contributed by atoms with Gasteiger partial charge in [0.15, 0.2) is 0 Å². The summed E-state index contributed by atoms with van der Waals surface area (Å²) in [6, 6.07) is 22.7. The molecule has 0 spiro atoms. The Morgan fingerprint density at radius 2 is 1.72 bits per heavy atom. The number of benzene rings is 3. The largest absolute Gasteiger partial charge is 0.347 e. The number of carbonyl (C=O) groups excluding carboxylic acids is 2. The zero-order chi connectivity index (χ0) is 27.1. The van der Waals surface area contributed by atoms with Crippen LogP contribution in [0.25, 0.3) is 10.9 Å². The second kappa shape index (κ2) is 10.3. The molecule has 0 unspecified atom stereocenters. The van der Waals surface area contributed by atoms with E-state index in [0.29, 0.717) is 11.1 Å².